The Balaban J connectivity index is 2.36. The number of aromatic hydroxyl groups is 2. The molecule has 2 aromatic carbocycles. The molecule has 1 unspecified atom stereocenters. The summed E-state index contributed by atoms with van der Waals surface area (Å²) in [5, 5.41) is 31.9. The van der Waals surface area contributed by atoms with E-state index in [1.807, 2.05) is 0 Å². The van der Waals surface area contributed by atoms with Gasteiger partial charge in [0.2, 0.25) is 0 Å². The number of hydrogen-bond acceptors (Lipinski definition) is 6. The molecule has 0 spiro atoms. The van der Waals surface area contributed by atoms with Gasteiger partial charge in [-0.15, -0.1) is 0 Å². The summed E-state index contributed by atoms with van der Waals surface area (Å²) < 4.78 is 4.45. The van der Waals surface area contributed by atoms with E-state index in [9.17, 15) is 19.8 Å². The molecule has 0 radical (unpaired) electrons. The number of rotatable bonds is 4. The van der Waals surface area contributed by atoms with E-state index >= 15 is 0 Å². The number of carbonyl (C=O) groups excluding carboxylic acids is 2. The third-order valence-corrected chi connectivity index (χ3v) is 3.19. The summed E-state index contributed by atoms with van der Waals surface area (Å²) >= 11 is 0. The van der Waals surface area contributed by atoms with Gasteiger partial charge in [-0.2, -0.15) is 0 Å². The van der Waals surface area contributed by atoms with E-state index in [2.05, 4.69) is 10.1 Å². The molecule has 4 N–H and O–H groups in total. The fraction of sp³-hybridized carbons (Fsp3) is 0.200. The van der Waals surface area contributed by atoms with Gasteiger partial charge in [0.25, 0.3) is 5.91 Å². The van der Waals surface area contributed by atoms with Gasteiger partial charge < -0.3 is 25.4 Å². The van der Waals surface area contributed by atoms with Crippen molar-refractivity contribution in [1.29, 1.82) is 0 Å². The zero-order valence-corrected chi connectivity index (χ0v) is 11.7. The predicted molar refractivity (Wildman–Crippen MR) is 77.6 cm³/mol. The third-order valence-electron chi connectivity index (χ3n) is 3.19. The first kappa shape index (κ1) is 15.6. The van der Waals surface area contributed by atoms with Crippen LogP contribution in [0.2, 0.25) is 0 Å². The molecule has 2 rings (SSSR count). The number of fused-ring (bicyclic) bond motifs is 1. The van der Waals surface area contributed by atoms with Gasteiger partial charge in [-0.05, 0) is 23.6 Å². The molecule has 0 aromatic heterocycles. The topological polar surface area (TPSA) is 116 Å². The molecule has 1 amide bonds. The number of nitrogens with one attached hydrogen (secondary N) is 1. The Morgan fingerprint density at radius 2 is 1.95 bits per heavy atom. The quantitative estimate of drug-likeness (QED) is 0.612. The largest absolute Gasteiger partial charge is 0.507 e. The van der Waals surface area contributed by atoms with Crippen molar-refractivity contribution in [2.45, 2.75) is 6.04 Å². The summed E-state index contributed by atoms with van der Waals surface area (Å²) in [5.41, 5.74) is -0.0829. The first-order chi connectivity index (χ1) is 10.5. The number of methoxy groups -OCH3 is 1. The van der Waals surface area contributed by atoms with Crippen molar-refractivity contribution in [2.75, 3.05) is 13.7 Å². The lowest BCUT2D eigenvalue weighted by Crippen LogP contribution is -2.44. The summed E-state index contributed by atoms with van der Waals surface area (Å²) in [6.07, 6.45) is 0. The van der Waals surface area contributed by atoms with Crippen LogP contribution in [0.5, 0.6) is 11.5 Å². The first-order valence-electron chi connectivity index (χ1n) is 6.42. The average Bonchev–Trinajstić information content (AvgIpc) is 2.52. The Bertz CT molecular complexity index is 727. The average molecular weight is 305 g/mol. The molecule has 7 heteroatoms. The molecular weight excluding hydrogens is 290 g/mol. The van der Waals surface area contributed by atoms with Gasteiger partial charge in [0.05, 0.1) is 19.3 Å². The minimum Gasteiger partial charge on any atom is -0.507 e. The highest BCUT2D eigenvalue weighted by atomic mass is 16.5. The van der Waals surface area contributed by atoms with Gasteiger partial charge in [0.1, 0.15) is 11.5 Å². The Hall–Kier alpha value is -2.80. The molecule has 22 heavy (non-hydrogen) atoms. The number of ether oxygens (including phenoxy) is 1. The molecule has 0 saturated heterocycles. The second-order valence-corrected chi connectivity index (χ2v) is 4.60. The van der Waals surface area contributed by atoms with Crippen molar-refractivity contribution in [3.05, 3.63) is 35.9 Å². The second-order valence-electron chi connectivity index (χ2n) is 4.60. The molecule has 0 fully saturated rings. The molecule has 0 aliphatic rings. The fourth-order valence-electron chi connectivity index (χ4n) is 2.04. The number of benzene rings is 2. The van der Waals surface area contributed by atoms with E-state index in [0.29, 0.717) is 10.8 Å². The minimum atomic E-state index is -1.23. The predicted octanol–water partition coefficient (Wildman–Crippen LogP) is 0.515. The monoisotopic (exact) mass is 305 g/mol. The Labute approximate surface area is 125 Å². The van der Waals surface area contributed by atoms with E-state index in [0.717, 1.165) is 7.11 Å². The number of carbonyl (C=O) groups is 2. The number of esters is 1. The van der Waals surface area contributed by atoms with E-state index in [1.54, 1.807) is 12.1 Å². The van der Waals surface area contributed by atoms with Crippen LogP contribution in [-0.2, 0) is 9.53 Å². The lowest BCUT2D eigenvalue weighted by Gasteiger charge is -2.15. The molecular formula is C15H15NO6. The number of aliphatic hydroxyl groups is 1. The number of phenols is 2. The molecule has 0 aliphatic carbocycles. The van der Waals surface area contributed by atoms with Gasteiger partial charge in [-0.1, -0.05) is 12.1 Å². The summed E-state index contributed by atoms with van der Waals surface area (Å²) in [4.78, 5) is 23.5. The van der Waals surface area contributed by atoms with Gasteiger partial charge in [0.15, 0.2) is 6.04 Å². The highest BCUT2D eigenvalue weighted by Gasteiger charge is 2.23. The van der Waals surface area contributed by atoms with Gasteiger partial charge >= 0.3 is 5.97 Å². The van der Waals surface area contributed by atoms with Crippen molar-refractivity contribution >= 4 is 22.6 Å². The summed E-state index contributed by atoms with van der Waals surface area (Å²) in [7, 11) is 1.13. The number of hydrogen-bond donors (Lipinski definition) is 4. The van der Waals surface area contributed by atoms with Crippen LogP contribution in [0.3, 0.4) is 0 Å². The molecule has 0 saturated carbocycles. The lowest BCUT2D eigenvalue weighted by atomic mass is 10.0. The van der Waals surface area contributed by atoms with Gasteiger partial charge in [0, 0.05) is 5.39 Å². The van der Waals surface area contributed by atoms with E-state index in [4.69, 9.17) is 5.11 Å². The Morgan fingerprint density at radius 3 is 2.59 bits per heavy atom. The maximum atomic E-state index is 12.1. The zero-order valence-electron chi connectivity index (χ0n) is 11.7. The normalized spacial score (nSPS) is 11.9. The highest BCUT2D eigenvalue weighted by molar-refractivity contribution is 6.03. The fourth-order valence-corrected chi connectivity index (χ4v) is 2.04. The van der Waals surface area contributed by atoms with Crippen molar-refractivity contribution in [3.63, 3.8) is 0 Å². The van der Waals surface area contributed by atoms with Crippen LogP contribution >= 0.6 is 0 Å². The molecule has 1 atom stereocenters. The van der Waals surface area contributed by atoms with E-state index in [1.165, 1.54) is 18.2 Å². The summed E-state index contributed by atoms with van der Waals surface area (Å²) in [6, 6.07) is 6.13. The van der Waals surface area contributed by atoms with Crippen LogP contribution < -0.4 is 5.32 Å². The van der Waals surface area contributed by atoms with Crippen LogP contribution in [0, 0.1) is 0 Å². The Morgan fingerprint density at radius 1 is 1.23 bits per heavy atom. The van der Waals surface area contributed by atoms with Gasteiger partial charge in [-0.25, -0.2) is 4.79 Å². The number of amides is 1. The molecule has 7 nitrogen and oxygen atoms in total. The maximum absolute atomic E-state index is 12.1. The van der Waals surface area contributed by atoms with Crippen LogP contribution in [0.4, 0.5) is 0 Å². The van der Waals surface area contributed by atoms with Crippen molar-refractivity contribution in [3.8, 4) is 11.5 Å². The molecule has 0 bridgehead atoms. The molecule has 2 aromatic rings. The van der Waals surface area contributed by atoms with E-state index in [-0.39, 0.29) is 17.1 Å². The lowest BCUT2D eigenvalue weighted by molar-refractivity contribution is -0.143. The van der Waals surface area contributed by atoms with Crippen LogP contribution in [0.25, 0.3) is 10.8 Å². The van der Waals surface area contributed by atoms with E-state index < -0.39 is 24.5 Å². The SMILES string of the molecule is COC(=O)C(CO)NC(=O)c1cc2cccc(O)c2cc1O. The molecule has 0 heterocycles. The van der Waals surface area contributed by atoms with Gasteiger partial charge in [-0.3, -0.25) is 4.79 Å². The first-order valence-corrected chi connectivity index (χ1v) is 6.42. The maximum Gasteiger partial charge on any atom is 0.330 e. The van der Waals surface area contributed by atoms with Crippen molar-refractivity contribution < 1.29 is 29.6 Å². The Kier molecular flexibility index (Phi) is 4.47. The van der Waals surface area contributed by atoms with Crippen LogP contribution in [0.1, 0.15) is 10.4 Å². The van der Waals surface area contributed by atoms with Crippen LogP contribution in [-0.4, -0.2) is 47.0 Å². The zero-order chi connectivity index (χ0) is 16.3. The molecule has 0 aliphatic heterocycles. The summed E-state index contributed by atoms with van der Waals surface area (Å²) in [5.74, 6) is -1.92. The smallest absolute Gasteiger partial charge is 0.330 e. The minimum absolute atomic E-state index is 0.0254. The third kappa shape index (κ3) is 2.94. The van der Waals surface area contributed by atoms with Crippen LogP contribution in [0.15, 0.2) is 30.3 Å². The standard InChI is InChI=1S/C15H15NO6/c1-22-15(21)11(7-17)16-14(20)10-5-8-3-2-4-12(18)9(8)6-13(10)19/h2-6,11,17-19H,7H2,1H3,(H,16,20). The van der Waals surface area contributed by atoms with Crippen molar-refractivity contribution in [1.82, 2.24) is 5.32 Å². The number of aliphatic hydroxyl groups excluding tert-OH is 1. The summed E-state index contributed by atoms with van der Waals surface area (Å²) in [6.45, 7) is -0.631. The van der Waals surface area contributed by atoms with Crippen molar-refractivity contribution in [2.24, 2.45) is 0 Å². The molecule has 116 valence electrons. The highest BCUT2D eigenvalue weighted by Crippen LogP contribution is 2.30. The number of phenolic OH excluding ortho intramolecular Hbond substituents is 2. The second kappa shape index (κ2) is 6.31.